The van der Waals surface area contributed by atoms with Gasteiger partial charge in [0.2, 0.25) is 0 Å². The highest BCUT2D eigenvalue weighted by molar-refractivity contribution is 8.16. The summed E-state index contributed by atoms with van der Waals surface area (Å²) < 4.78 is 29.8. The van der Waals surface area contributed by atoms with Crippen molar-refractivity contribution < 1.29 is 17.9 Å². The number of carbonyl (C=O) groups excluding carboxylic acids is 1. The lowest BCUT2D eigenvalue weighted by atomic mass is 10.1. The molecule has 1 amide bonds. The molecule has 158 valence electrons. The van der Waals surface area contributed by atoms with Crippen molar-refractivity contribution in [1.29, 1.82) is 0 Å². The molecule has 0 N–H and O–H groups in total. The van der Waals surface area contributed by atoms with Crippen LogP contribution in [0.25, 0.3) is 0 Å². The molecule has 2 atom stereocenters. The summed E-state index contributed by atoms with van der Waals surface area (Å²) in [7, 11) is -1.52. The van der Waals surface area contributed by atoms with E-state index in [1.54, 1.807) is 7.11 Å². The van der Waals surface area contributed by atoms with E-state index in [9.17, 15) is 13.2 Å². The molecule has 2 saturated heterocycles. The van der Waals surface area contributed by atoms with E-state index >= 15 is 0 Å². The Kier molecular flexibility index (Phi) is 5.63. The number of hydrogen-bond donors (Lipinski definition) is 0. The van der Waals surface area contributed by atoms with Crippen LogP contribution in [0, 0.1) is 13.8 Å². The van der Waals surface area contributed by atoms with Gasteiger partial charge in [0.05, 0.1) is 31.1 Å². The number of hydrogen-bond acceptors (Lipinski definition) is 5. The van der Waals surface area contributed by atoms with Gasteiger partial charge >= 0.3 is 0 Å². The van der Waals surface area contributed by atoms with E-state index < -0.39 is 9.84 Å². The molecule has 2 aromatic carbocycles. The molecule has 0 aliphatic carbocycles. The summed E-state index contributed by atoms with van der Waals surface area (Å²) in [4.78, 5) is 19.1. The minimum atomic E-state index is -3.09. The molecule has 4 rings (SSSR count). The van der Waals surface area contributed by atoms with Gasteiger partial charge in [-0.05, 0) is 43.2 Å². The van der Waals surface area contributed by atoms with Crippen LogP contribution in [-0.2, 0) is 21.1 Å². The van der Waals surface area contributed by atoms with Gasteiger partial charge in [-0.2, -0.15) is 4.99 Å². The van der Waals surface area contributed by atoms with Gasteiger partial charge in [-0.25, -0.2) is 8.42 Å². The molecule has 30 heavy (non-hydrogen) atoms. The summed E-state index contributed by atoms with van der Waals surface area (Å²) in [5.74, 6) is 0.568. The zero-order chi connectivity index (χ0) is 21.5. The average Bonchev–Trinajstić information content (AvgIpc) is 3.15. The number of aliphatic imine (C=N–C) groups is 1. The quantitative estimate of drug-likeness (QED) is 0.721. The minimum absolute atomic E-state index is 0.0807. The SMILES string of the molecule is COc1ccccc1CC(=O)N=C1S[C@H]2CS(=O)(=O)C[C@H]2N1c1ccc(C)c(C)c1. The van der Waals surface area contributed by atoms with Crippen molar-refractivity contribution in [3.8, 4) is 5.75 Å². The van der Waals surface area contributed by atoms with Crippen molar-refractivity contribution in [2.75, 3.05) is 23.5 Å². The number of fused-ring (bicyclic) bond motifs is 1. The monoisotopic (exact) mass is 444 g/mol. The Morgan fingerprint density at radius 1 is 1.17 bits per heavy atom. The Morgan fingerprint density at radius 3 is 2.67 bits per heavy atom. The lowest BCUT2D eigenvalue weighted by Gasteiger charge is -2.25. The number of aryl methyl sites for hydroxylation is 2. The standard InChI is InChI=1S/C22H24N2O4S2/c1-14-8-9-17(10-15(14)2)24-18-12-30(26,27)13-20(18)29-22(24)23-21(25)11-16-6-4-5-7-19(16)28-3/h4-10,18,20H,11-13H2,1-3H3/t18-,20+/m1/s1. The molecule has 2 fully saturated rings. The summed E-state index contributed by atoms with van der Waals surface area (Å²) in [5.41, 5.74) is 3.92. The van der Waals surface area contributed by atoms with E-state index in [0.717, 1.165) is 22.4 Å². The maximum atomic E-state index is 12.8. The zero-order valence-corrected chi connectivity index (χ0v) is 18.8. The number of amidine groups is 1. The first-order chi connectivity index (χ1) is 14.3. The Bertz CT molecular complexity index is 1130. The van der Waals surface area contributed by atoms with Gasteiger partial charge in [0.15, 0.2) is 15.0 Å². The first kappa shape index (κ1) is 20.9. The van der Waals surface area contributed by atoms with E-state index in [4.69, 9.17) is 4.74 Å². The summed E-state index contributed by atoms with van der Waals surface area (Å²) >= 11 is 1.39. The molecule has 0 unspecified atom stereocenters. The van der Waals surface area contributed by atoms with Crippen LogP contribution in [-0.4, -0.2) is 49.4 Å². The zero-order valence-electron chi connectivity index (χ0n) is 17.2. The Hall–Kier alpha value is -2.32. The molecule has 8 heteroatoms. The average molecular weight is 445 g/mol. The highest BCUT2D eigenvalue weighted by Crippen LogP contribution is 2.41. The van der Waals surface area contributed by atoms with Crippen LogP contribution in [0.1, 0.15) is 16.7 Å². The lowest BCUT2D eigenvalue weighted by Crippen LogP contribution is -2.37. The van der Waals surface area contributed by atoms with Crippen LogP contribution >= 0.6 is 11.8 Å². The van der Waals surface area contributed by atoms with E-state index in [0.29, 0.717) is 10.9 Å². The van der Waals surface area contributed by atoms with Crippen LogP contribution in [0.4, 0.5) is 5.69 Å². The van der Waals surface area contributed by atoms with Crippen molar-refractivity contribution >= 4 is 38.4 Å². The van der Waals surface area contributed by atoms with Crippen molar-refractivity contribution in [2.24, 2.45) is 4.99 Å². The fraction of sp³-hybridized carbons (Fsp3) is 0.364. The molecule has 0 bridgehead atoms. The number of amides is 1. The molecule has 0 spiro atoms. The number of nitrogens with zero attached hydrogens (tertiary/aromatic N) is 2. The van der Waals surface area contributed by atoms with Crippen molar-refractivity contribution in [3.63, 3.8) is 0 Å². The lowest BCUT2D eigenvalue weighted by molar-refractivity contribution is -0.117. The predicted molar refractivity (Wildman–Crippen MR) is 121 cm³/mol. The molecule has 0 saturated carbocycles. The maximum Gasteiger partial charge on any atom is 0.252 e. The number of thioether (sulfide) groups is 1. The predicted octanol–water partition coefficient (Wildman–Crippen LogP) is 3.16. The third-order valence-electron chi connectivity index (χ3n) is 5.59. The number of methoxy groups -OCH3 is 1. The first-order valence-electron chi connectivity index (χ1n) is 9.74. The highest BCUT2D eigenvalue weighted by Gasteiger charge is 2.49. The minimum Gasteiger partial charge on any atom is -0.496 e. The van der Waals surface area contributed by atoms with Gasteiger partial charge in [0, 0.05) is 16.5 Å². The molecule has 2 aliphatic rings. The topological polar surface area (TPSA) is 76.0 Å². The van der Waals surface area contributed by atoms with Gasteiger partial charge in [-0.1, -0.05) is 36.0 Å². The number of para-hydroxylation sites is 1. The summed E-state index contributed by atoms with van der Waals surface area (Å²) in [6, 6.07) is 13.2. The molecule has 2 heterocycles. The van der Waals surface area contributed by atoms with E-state index in [1.165, 1.54) is 11.8 Å². The number of ether oxygens (including phenoxy) is 1. The number of anilines is 1. The fourth-order valence-corrected chi connectivity index (χ4v) is 7.83. The van der Waals surface area contributed by atoms with Crippen molar-refractivity contribution in [2.45, 2.75) is 31.6 Å². The molecule has 0 aromatic heterocycles. The van der Waals surface area contributed by atoms with E-state index in [1.807, 2.05) is 61.2 Å². The molecule has 0 radical (unpaired) electrons. The molecule has 6 nitrogen and oxygen atoms in total. The van der Waals surface area contributed by atoms with Crippen LogP contribution in [0.2, 0.25) is 0 Å². The molecule has 2 aliphatic heterocycles. The largest absolute Gasteiger partial charge is 0.496 e. The number of carbonyl (C=O) groups is 1. The summed E-state index contributed by atoms with van der Waals surface area (Å²) in [6.45, 7) is 4.06. The van der Waals surface area contributed by atoms with Gasteiger partial charge in [-0.15, -0.1) is 0 Å². The number of sulfone groups is 1. The van der Waals surface area contributed by atoms with E-state index in [-0.39, 0.29) is 35.1 Å². The van der Waals surface area contributed by atoms with Gasteiger partial charge in [-0.3, -0.25) is 4.79 Å². The second kappa shape index (κ2) is 8.07. The number of rotatable bonds is 4. The molecular weight excluding hydrogens is 420 g/mol. The van der Waals surface area contributed by atoms with Crippen LogP contribution in [0.15, 0.2) is 47.5 Å². The molecule has 2 aromatic rings. The Labute approximate surface area is 181 Å². The Balaban J connectivity index is 1.66. The van der Waals surface area contributed by atoms with Crippen LogP contribution in [0.3, 0.4) is 0 Å². The molecular formula is C22H24N2O4S2. The van der Waals surface area contributed by atoms with E-state index in [2.05, 4.69) is 4.99 Å². The van der Waals surface area contributed by atoms with Crippen LogP contribution < -0.4 is 9.64 Å². The second-order valence-electron chi connectivity index (χ2n) is 7.72. The fourth-order valence-electron chi connectivity index (χ4n) is 3.90. The third kappa shape index (κ3) is 4.11. The summed E-state index contributed by atoms with van der Waals surface area (Å²) in [6.07, 6.45) is 0.127. The summed E-state index contributed by atoms with van der Waals surface area (Å²) in [5, 5.41) is 0.456. The number of benzene rings is 2. The second-order valence-corrected chi connectivity index (χ2v) is 11.1. The maximum absolute atomic E-state index is 12.8. The van der Waals surface area contributed by atoms with Crippen LogP contribution in [0.5, 0.6) is 5.75 Å². The first-order valence-corrected chi connectivity index (χ1v) is 12.4. The van der Waals surface area contributed by atoms with Gasteiger partial charge in [0.25, 0.3) is 5.91 Å². The Morgan fingerprint density at radius 2 is 1.93 bits per heavy atom. The van der Waals surface area contributed by atoms with Crippen molar-refractivity contribution in [1.82, 2.24) is 0 Å². The highest BCUT2D eigenvalue weighted by atomic mass is 32.2. The smallest absolute Gasteiger partial charge is 0.252 e. The normalized spacial score (nSPS) is 23.6. The third-order valence-corrected chi connectivity index (χ3v) is 8.80. The van der Waals surface area contributed by atoms with Crippen molar-refractivity contribution in [3.05, 3.63) is 59.2 Å². The van der Waals surface area contributed by atoms with Gasteiger partial charge < -0.3 is 9.64 Å². The van der Waals surface area contributed by atoms with Gasteiger partial charge in [0.1, 0.15) is 5.75 Å².